The molecule has 2 heteroatoms. The van der Waals surface area contributed by atoms with Crippen LogP contribution < -0.4 is 0 Å². The van der Waals surface area contributed by atoms with Gasteiger partial charge in [0.2, 0.25) is 0 Å². The van der Waals surface area contributed by atoms with Crippen molar-refractivity contribution in [2.24, 2.45) is 0 Å². The van der Waals surface area contributed by atoms with Crippen molar-refractivity contribution in [3.63, 3.8) is 0 Å². The van der Waals surface area contributed by atoms with Crippen LogP contribution in [0.2, 0.25) is 0 Å². The molecule has 1 nitrogen and oxygen atoms in total. The molecule has 0 heterocycles. The summed E-state index contributed by atoms with van der Waals surface area (Å²) >= 11 is 0. The Bertz CT molecular complexity index is 327. The van der Waals surface area contributed by atoms with Crippen LogP contribution in [0.25, 0.3) is 0 Å². The summed E-state index contributed by atoms with van der Waals surface area (Å²) in [5, 5.41) is 0. The molecular weight excluding hydrogens is 191 g/mol. The Hall–Kier alpha value is -1.44. The third-order valence-corrected chi connectivity index (χ3v) is 2.11. The normalized spacial score (nSPS) is 9.93. The van der Waals surface area contributed by atoms with Gasteiger partial charge < -0.3 is 0 Å². The van der Waals surface area contributed by atoms with Gasteiger partial charge in [-0.05, 0) is 43.5 Å². The van der Waals surface area contributed by atoms with Gasteiger partial charge >= 0.3 is 0 Å². The van der Waals surface area contributed by atoms with Crippen molar-refractivity contribution < 1.29 is 9.18 Å². The van der Waals surface area contributed by atoms with Crippen molar-refractivity contribution in [1.29, 1.82) is 0 Å². The monoisotopic (exact) mass is 205 g/mol. The van der Waals surface area contributed by atoms with Crippen LogP contribution in [0, 0.1) is 12.2 Å². The number of halogens is 1. The maximum atomic E-state index is 12.6. The molecule has 79 valence electrons. The smallest absolute Gasteiger partial charge is 0.162 e. The van der Waals surface area contributed by atoms with Crippen molar-refractivity contribution in [3.8, 4) is 0 Å². The number of benzene rings is 1. The summed E-state index contributed by atoms with van der Waals surface area (Å²) in [6.45, 7) is 3.56. The van der Waals surface area contributed by atoms with Gasteiger partial charge in [-0.2, -0.15) is 0 Å². The van der Waals surface area contributed by atoms with Gasteiger partial charge in [0.25, 0.3) is 0 Å². The number of Topliss-reactive ketones (excluding diaryl/α,β-unsaturated/α-hetero) is 1. The van der Waals surface area contributed by atoms with Crippen LogP contribution in [-0.2, 0) is 0 Å². The summed E-state index contributed by atoms with van der Waals surface area (Å²) in [6, 6.07) is 5.66. The summed E-state index contributed by atoms with van der Waals surface area (Å²) in [7, 11) is 0. The molecule has 0 aliphatic carbocycles. The molecule has 1 aromatic rings. The largest absolute Gasteiger partial charge is 0.294 e. The van der Waals surface area contributed by atoms with Crippen molar-refractivity contribution in [1.82, 2.24) is 0 Å². The Balaban J connectivity index is 2.40. The Morgan fingerprint density at radius 3 is 2.60 bits per heavy atom. The van der Waals surface area contributed by atoms with Crippen LogP contribution in [0.3, 0.4) is 0 Å². The highest BCUT2D eigenvalue weighted by Gasteiger charge is 2.04. The third-order valence-electron chi connectivity index (χ3n) is 2.11. The number of unbranched alkanes of at least 4 members (excludes halogenated alkanes) is 2. The van der Waals surface area contributed by atoms with Gasteiger partial charge in [-0.3, -0.25) is 4.79 Å². The van der Waals surface area contributed by atoms with Gasteiger partial charge in [0.1, 0.15) is 5.82 Å². The highest BCUT2D eigenvalue weighted by Crippen LogP contribution is 2.09. The van der Waals surface area contributed by atoms with Crippen LogP contribution in [0.1, 0.15) is 29.6 Å². The van der Waals surface area contributed by atoms with E-state index in [0.29, 0.717) is 12.0 Å². The van der Waals surface area contributed by atoms with E-state index in [0.717, 1.165) is 12.8 Å². The van der Waals surface area contributed by atoms with Gasteiger partial charge in [0.05, 0.1) is 0 Å². The van der Waals surface area contributed by atoms with Gasteiger partial charge in [0.15, 0.2) is 5.78 Å². The minimum Gasteiger partial charge on any atom is -0.294 e. The Morgan fingerprint density at radius 2 is 2.00 bits per heavy atom. The van der Waals surface area contributed by atoms with Crippen LogP contribution in [-0.4, -0.2) is 5.78 Å². The number of carbonyl (C=O) groups excluding carboxylic acids is 1. The predicted octanol–water partition coefficient (Wildman–Crippen LogP) is 3.57. The molecule has 0 unspecified atom stereocenters. The molecule has 0 saturated heterocycles. The van der Waals surface area contributed by atoms with Crippen molar-refractivity contribution in [3.05, 3.63) is 54.7 Å². The molecule has 1 radical (unpaired) electrons. The summed E-state index contributed by atoms with van der Waals surface area (Å²) in [5.74, 6) is -0.251. The summed E-state index contributed by atoms with van der Waals surface area (Å²) in [5.41, 5.74) is 0.579. The molecule has 0 saturated carbocycles. The second-order valence-electron chi connectivity index (χ2n) is 3.29. The Morgan fingerprint density at radius 1 is 1.33 bits per heavy atom. The molecule has 1 aromatic carbocycles. The van der Waals surface area contributed by atoms with Gasteiger partial charge in [0, 0.05) is 12.0 Å². The van der Waals surface area contributed by atoms with Crippen LogP contribution in [0.15, 0.2) is 36.9 Å². The predicted molar refractivity (Wildman–Crippen MR) is 59.1 cm³/mol. The van der Waals surface area contributed by atoms with Crippen molar-refractivity contribution in [2.45, 2.75) is 19.3 Å². The molecule has 0 spiro atoms. The fourth-order valence-corrected chi connectivity index (χ4v) is 1.28. The molecule has 0 N–H and O–H groups in total. The lowest BCUT2D eigenvalue weighted by Gasteiger charge is -1.99. The molecule has 0 atom stereocenters. The zero-order chi connectivity index (χ0) is 11.1. The maximum absolute atomic E-state index is 12.6. The maximum Gasteiger partial charge on any atom is 0.162 e. The SMILES string of the molecule is C=C[CH]CCCC(=O)c1ccc(F)cc1. The van der Waals surface area contributed by atoms with E-state index in [-0.39, 0.29) is 11.6 Å². The zero-order valence-corrected chi connectivity index (χ0v) is 8.58. The number of rotatable bonds is 6. The Kier molecular flexibility index (Phi) is 4.75. The van der Waals surface area contributed by atoms with Crippen LogP contribution >= 0.6 is 0 Å². The first-order valence-electron chi connectivity index (χ1n) is 4.97. The minimum absolute atomic E-state index is 0.0625. The fraction of sp³-hybridized carbons (Fsp3) is 0.231. The lowest BCUT2D eigenvalue weighted by molar-refractivity contribution is 0.0980. The van der Waals surface area contributed by atoms with E-state index < -0.39 is 0 Å². The lowest BCUT2D eigenvalue weighted by atomic mass is 10.0. The third kappa shape index (κ3) is 4.07. The van der Waals surface area contributed by atoms with E-state index in [9.17, 15) is 9.18 Å². The molecule has 0 amide bonds. The first kappa shape index (κ1) is 11.6. The number of ketones is 1. The van der Waals surface area contributed by atoms with Crippen LogP contribution in [0.4, 0.5) is 4.39 Å². The quantitative estimate of drug-likeness (QED) is 0.512. The van der Waals surface area contributed by atoms with Gasteiger partial charge in [-0.25, -0.2) is 4.39 Å². The first-order valence-corrected chi connectivity index (χ1v) is 4.97. The fourth-order valence-electron chi connectivity index (χ4n) is 1.28. The van der Waals surface area contributed by atoms with E-state index >= 15 is 0 Å². The van der Waals surface area contributed by atoms with Gasteiger partial charge in [-0.15, -0.1) is 6.58 Å². The number of hydrogen-bond acceptors (Lipinski definition) is 1. The average Bonchev–Trinajstić information content (AvgIpc) is 2.25. The highest BCUT2D eigenvalue weighted by molar-refractivity contribution is 5.95. The van der Waals surface area contributed by atoms with E-state index in [4.69, 9.17) is 0 Å². The molecule has 0 aliphatic rings. The second kappa shape index (κ2) is 6.12. The number of allylic oxidation sites excluding steroid dienone is 1. The summed E-state index contributed by atoms with van der Waals surface area (Å²) in [6.07, 6.45) is 5.81. The standard InChI is InChI=1S/C13H14FO/c1-2-3-4-5-6-13(15)11-7-9-12(14)10-8-11/h2-3,7-10H,1,4-6H2. The lowest BCUT2D eigenvalue weighted by Crippen LogP contribution is -1.98. The number of hydrogen-bond donors (Lipinski definition) is 0. The van der Waals surface area contributed by atoms with Crippen LogP contribution in [0.5, 0.6) is 0 Å². The molecule has 1 rings (SSSR count). The molecule has 15 heavy (non-hydrogen) atoms. The average molecular weight is 205 g/mol. The van der Waals surface area contributed by atoms with E-state index in [1.54, 1.807) is 6.08 Å². The second-order valence-corrected chi connectivity index (χ2v) is 3.29. The summed E-state index contributed by atoms with van der Waals surface area (Å²) in [4.78, 5) is 11.6. The summed E-state index contributed by atoms with van der Waals surface area (Å²) < 4.78 is 12.6. The zero-order valence-electron chi connectivity index (χ0n) is 8.58. The first-order chi connectivity index (χ1) is 7.24. The Labute approximate surface area is 89.6 Å². The molecule has 0 aromatic heterocycles. The number of carbonyl (C=O) groups is 1. The molecule has 0 bridgehead atoms. The topological polar surface area (TPSA) is 17.1 Å². The van der Waals surface area contributed by atoms with E-state index in [1.807, 2.05) is 6.42 Å². The molecular formula is C13H14FO. The highest BCUT2D eigenvalue weighted by atomic mass is 19.1. The van der Waals surface area contributed by atoms with Crippen molar-refractivity contribution >= 4 is 5.78 Å². The van der Waals surface area contributed by atoms with E-state index in [2.05, 4.69) is 6.58 Å². The molecule has 0 fully saturated rings. The van der Waals surface area contributed by atoms with Gasteiger partial charge in [-0.1, -0.05) is 6.08 Å². The van der Waals surface area contributed by atoms with E-state index in [1.165, 1.54) is 24.3 Å². The minimum atomic E-state index is -0.313. The molecule has 0 aliphatic heterocycles. The van der Waals surface area contributed by atoms with Crippen molar-refractivity contribution in [2.75, 3.05) is 0 Å².